The summed E-state index contributed by atoms with van der Waals surface area (Å²) in [6.07, 6.45) is 0. The molecule has 0 radical (unpaired) electrons. The van der Waals surface area contributed by atoms with Crippen molar-refractivity contribution in [2.75, 3.05) is 12.4 Å². The zero-order valence-electron chi connectivity index (χ0n) is 13.7. The van der Waals surface area contributed by atoms with Gasteiger partial charge in [-0.05, 0) is 37.1 Å². The summed E-state index contributed by atoms with van der Waals surface area (Å²) in [7, 11) is 0. The lowest BCUT2D eigenvalue weighted by Gasteiger charge is -2.07. The molecular formula is C19H23NO2S. The smallest absolute Gasteiger partial charge is 0.230 e. The second-order valence-electron chi connectivity index (χ2n) is 5.33. The van der Waals surface area contributed by atoms with Crippen LogP contribution in [-0.2, 0) is 17.1 Å². The van der Waals surface area contributed by atoms with E-state index in [0.717, 1.165) is 17.1 Å². The molecule has 2 aromatic rings. The summed E-state index contributed by atoms with van der Waals surface area (Å²) in [4.78, 5) is 11.9. The minimum atomic E-state index is 0.0657. The van der Waals surface area contributed by atoms with Crippen LogP contribution < -0.4 is 10.1 Å². The number of carbonyl (C=O) groups excluding carboxylic acids is 1. The number of ether oxygens (including phenoxy) is 1. The molecule has 0 unspecified atom stereocenters. The van der Waals surface area contributed by atoms with Gasteiger partial charge in [0.1, 0.15) is 5.75 Å². The van der Waals surface area contributed by atoms with Crippen molar-refractivity contribution in [1.82, 2.24) is 5.32 Å². The summed E-state index contributed by atoms with van der Waals surface area (Å²) in [6, 6.07) is 16.2. The monoisotopic (exact) mass is 329 g/mol. The van der Waals surface area contributed by atoms with Crippen molar-refractivity contribution >= 4 is 17.7 Å². The van der Waals surface area contributed by atoms with Crippen LogP contribution in [0.25, 0.3) is 0 Å². The molecule has 122 valence electrons. The topological polar surface area (TPSA) is 38.3 Å². The van der Waals surface area contributed by atoms with Gasteiger partial charge in [0, 0.05) is 12.3 Å². The minimum absolute atomic E-state index is 0.0657. The van der Waals surface area contributed by atoms with Gasteiger partial charge >= 0.3 is 0 Å². The fourth-order valence-electron chi connectivity index (χ4n) is 2.07. The zero-order chi connectivity index (χ0) is 16.5. The number of nitrogens with one attached hydrogen (secondary N) is 1. The predicted molar refractivity (Wildman–Crippen MR) is 96.8 cm³/mol. The number of aryl methyl sites for hydroxylation is 1. The van der Waals surface area contributed by atoms with Crippen molar-refractivity contribution in [3.05, 3.63) is 65.2 Å². The van der Waals surface area contributed by atoms with Crippen LogP contribution in [0.15, 0.2) is 48.5 Å². The molecule has 0 atom stereocenters. The van der Waals surface area contributed by atoms with Crippen LogP contribution in [0.5, 0.6) is 5.75 Å². The largest absolute Gasteiger partial charge is 0.494 e. The molecule has 23 heavy (non-hydrogen) atoms. The van der Waals surface area contributed by atoms with E-state index in [0.29, 0.717) is 18.9 Å². The Kier molecular flexibility index (Phi) is 7.01. The predicted octanol–water partition coefficient (Wildman–Crippen LogP) is 3.94. The number of hydrogen-bond acceptors (Lipinski definition) is 3. The van der Waals surface area contributed by atoms with Crippen LogP contribution >= 0.6 is 11.8 Å². The Morgan fingerprint density at radius 1 is 1.04 bits per heavy atom. The molecule has 2 aromatic carbocycles. The Hall–Kier alpha value is -1.94. The molecule has 0 saturated carbocycles. The van der Waals surface area contributed by atoms with Gasteiger partial charge in [0.25, 0.3) is 0 Å². The number of hydrogen-bond donors (Lipinski definition) is 1. The Morgan fingerprint density at radius 2 is 1.70 bits per heavy atom. The van der Waals surface area contributed by atoms with E-state index in [1.807, 2.05) is 31.2 Å². The summed E-state index contributed by atoms with van der Waals surface area (Å²) >= 11 is 1.63. The molecular weight excluding hydrogens is 306 g/mol. The highest BCUT2D eigenvalue weighted by atomic mass is 32.2. The summed E-state index contributed by atoms with van der Waals surface area (Å²) in [5, 5.41) is 2.95. The van der Waals surface area contributed by atoms with Gasteiger partial charge in [-0.3, -0.25) is 4.79 Å². The molecule has 2 rings (SSSR count). The van der Waals surface area contributed by atoms with Crippen LogP contribution in [0, 0.1) is 6.92 Å². The van der Waals surface area contributed by atoms with Gasteiger partial charge in [-0.1, -0.05) is 42.0 Å². The molecule has 1 N–H and O–H groups in total. The first kappa shape index (κ1) is 17.4. The van der Waals surface area contributed by atoms with Crippen molar-refractivity contribution in [2.24, 2.45) is 0 Å². The summed E-state index contributed by atoms with van der Waals surface area (Å²) in [5.41, 5.74) is 3.58. The van der Waals surface area contributed by atoms with Gasteiger partial charge in [-0.2, -0.15) is 0 Å². The summed E-state index contributed by atoms with van der Waals surface area (Å²) in [5.74, 6) is 2.26. The van der Waals surface area contributed by atoms with Crippen LogP contribution in [0.2, 0.25) is 0 Å². The van der Waals surface area contributed by atoms with E-state index >= 15 is 0 Å². The van der Waals surface area contributed by atoms with E-state index in [1.165, 1.54) is 11.1 Å². The SMILES string of the molecule is CCOc1ccc(CNC(=O)CSCc2ccc(C)cc2)cc1. The molecule has 0 aliphatic heterocycles. The molecule has 0 aromatic heterocycles. The van der Waals surface area contributed by atoms with Gasteiger partial charge < -0.3 is 10.1 Å². The second kappa shape index (κ2) is 9.26. The first-order valence-corrected chi connectivity index (χ1v) is 8.94. The van der Waals surface area contributed by atoms with Crippen molar-refractivity contribution in [3.8, 4) is 5.75 Å². The maximum atomic E-state index is 11.9. The molecule has 0 spiro atoms. The third kappa shape index (κ3) is 6.37. The lowest BCUT2D eigenvalue weighted by atomic mass is 10.2. The minimum Gasteiger partial charge on any atom is -0.494 e. The van der Waals surface area contributed by atoms with Crippen molar-refractivity contribution in [1.29, 1.82) is 0 Å². The number of carbonyl (C=O) groups is 1. The zero-order valence-corrected chi connectivity index (χ0v) is 14.5. The molecule has 0 heterocycles. The summed E-state index contributed by atoms with van der Waals surface area (Å²) < 4.78 is 5.40. The number of rotatable bonds is 8. The molecule has 0 bridgehead atoms. The molecule has 0 aliphatic rings. The Bertz CT molecular complexity index is 608. The maximum absolute atomic E-state index is 11.9. The van der Waals surface area contributed by atoms with E-state index in [1.54, 1.807) is 11.8 Å². The number of benzene rings is 2. The van der Waals surface area contributed by atoms with Crippen molar-refractivity contribution < 1.29 is 9.53 Å². The van der Waals surface area contributed by atoms with Gasteiger partial charge in [0.2, 0.25) is 5.91 Å². The van der Waals surface area contributed by atoms with E-state index in [-0.39, 0.29) is 5.91 Å². The highest BCUT2D eigenvalue weighted by molar-refractivity contribution is 7.99. The van der Waals surface area contributed by atoms with Crippen LogP contribution in [0.1, 0.15) is 23.6 Å². The molecule has 3 nitrogen and oxygen atoms in total. The maximum Gasteiger partial charge on any atom is 0.230 e. The molecule has 4 heteroatoms. The van der Waals surface area contributed by atoms with Crippen molar-refractivity contribution in [2.45, 2.75) is 26.1 Å². The van der Waals surface area contributed by atoms with E-state index in [4.69, 9.17) is 4.74 Å². The Balaban J connectivity index is 1.67. The van der Waals surface area contributed by atoms with Crippen LogP contribution in [-0.4, -0.2) is 18.3 Å². The molecule has 1 amide bonds. The average molecular weight is 329 g/mol. The fraction of sp³-hybridized carbons (Fsp3) is 0.316. The highest BCUT2D eigenvalue weighted by Gasteiger charge is 2.03. The van der Waals surface area contributed by atoms with Gasteiger partial charge in [0.15, 0.2) is 0 Å². The lowest BCUT2D eigenvalue weighted by Crippen LogP contribution is -2.24. The van der Waals surface area contributed by atoms with Gasteiger partial charge in [-0.25, -0.2) is 0 Å². The van der Waals surface area contributed by atoms with E-state index in [2.05, 4.69) is 36.5 Å². The first-order chi connectivity index (χ1) is 11.2. The summed E-state index contributed by atoms with van der Waals surface area (Å²) in [6.45, 7) is 5.25. The van der Waals surface area contributed by atoms with E-state index < -0.39 is 0 Å². The number of amides is 1. The second-order valence-corrected chi connectivity index (χ2v) is 6.32. The number of thioether (sulfide) groups is 1. The van der Waals surface area contributed by atoms with Gasteiger partial charge in [-0.15, -0.1) is 11.8 Å². The quantitative estimate of drug-likeness (QED) is 0.797. The van der Waals surface area contributed by atoms with E-state index in [9.17, 15) is 4.79 Å². The Morgan fingerprint density at radius 3 is 2.35 bits per heavy atom. The van der Waals surface area contributed by atoms with Gasteiger partial charge in [0.05, 0.1) is 12.4 Å². The third-order valence-electron chi connectivity index (χ3n) is 3.35. The Labute approximate surface area is 142 Å². The lowest BCUT2D eigenvalue weighted by molar-refractivity contribution is -0.118. The fourth-order valence-corrected chi connectivity index (χ4v) is 2.89. The standard InChI is InChI=1S/C19H23NO2S/c1-3-22-18-10-8-16(9-11-18)12-20-19(21)14-23-13-17-6-4-15(2)5-7-17/h4-11H,3,12-14H2,1-2H3,(H,20,21). The molecule has 0 fully saturated rings. The first-order valence-electron chi connectivity index (χ1n) is 7.79. The molecule has 0 saturated heterocycles. The molecule has 0 aliphatic carbocycles. The van der Waals surface area contributed by atoms with Crippen LogP contribution in [0.3, 0.4) is 0 Å². The third-order valence-corrected chi connectivity index (χ3v) is 4.35. The van der Waals surface area contributed by atoms with Crippen molar-refractivity contribution in [3.63, 3.8) is 0 Å². The van der Waals surface area contributed by atoms with Crippen LogP contribution in [0.4, 0.5) is 0 Å². The highest BCUT2D eigenvalue weighted by Crippen LogP contribution is 2.14. The average Bonchev–Trinajstić information content (AvgIpc) is 2.56. The normalized spacial score (nSPS) is 10.3.